The van der Waals surface area contributed by atoms with Gasteiger partial charge < -0.3 is 10.0 Å². The Bertz CT molecular complexity index is 760. The van der Waals surface area contributed by atoms with Crippen molar-refractivity contribution in [1.29, 1.82) is 0 Å². The van der Waals surface area contributed by atoms with Crippen molar-refractivity contribution < 1.29 is 18.7 Å². The number of likely N-dealkylation sites (tertiary alicyclic amines) is 1. The van der Waals surface area contributed by atoms with E-state index in [4.69, 9.17) is 0 Å². The summed E-state index contributed by atoms with van der Waals surface area (Å²) >= 11 is 0. The third kappa shape index (κ3) is 2.84. The third-order valence-electron chi connectivity index (χ3n) is 4.10. The summed E-state index contributed by atoms with van der Waals surface area (Å²) in [4.78, 5) is 14.1. The molecule has 1 aromatic carbocycles. The number of carbonyl (C=O) groups is 1. The van der Waals surface area contributed by atoms with Gasteiger partial charge >= 0.3 is 0 Å². The molecule has 0 unspecified atom stereocenters. The molecular formula is C16H17F2N3O2. The number of nitrogens with zero attached hydrogens (tertiary/aromatic N) is 3. The van der Waals surface area contributed by atoms with Gasteiger partial charge in [-0.05, 0) is 31.5 Å². The summed E-state index contributed by atoms with van der Waals surface area (Å²) in [5.74, 6) is -1.51. The summed E-state index contributed by atoms with van der Waals surface area (Å²) in [5, 5.41) is 14.1. The second kappa shape index (κ2) is 5.73. The first-order valence-electron chi connectivity index (χ1n) is 7.31. The van der Waals surface area contributed by atoms with Gasteiger partial charge in [-0.2, -0.15) is 5.10 Å². The van der Waals surface area contributed by atoms with Crippen molar-refractivity contribution in [3.05, 3.63) is 52.9 Å². The Morgan fingerprint density at radius 2 is 2.13 bits per heavy atom. The average molecular weight is 321 g/mol. The Kier molecular flexibility index (Phi) is 3.89. The number of benzene rings is 1. The molecule has 5 nitrogen and oxygen atoms in total. The first-order chi connectivity index (χ1) is 10.9. The quantitative estimate of drug-likeness (QED) is 0.920. The number of aliphatic hydroxyl groups is 1. The summed E-state index contributed by atoms with van der Waals surface area (Å²) in [6.07, 6.45) is 0.982. The molecule has 1 aliphatic heterocycles. The topological polar surface area (TPSA) is 58.4 Å². The molecule has 0 aliphatic carbocycles. The van der Waals surface area contributed by atoms with E-state index in [1.807, 2.05) is 0 Å². The van der Waals surface area contributed by atoms with Crippen LogP contribution >= 0.6 is 0 Å². The van der Waals surface area contributed by atoms with E-state index >= 15 is 0 Å². The first kappa shape index (κ1) is 15.6. The number of halogens is 2. The fraction of sp³-hybridized carbons (Fsp3) is 0.375. The number of amides is 1. The highest BCUT2D eigenvalue weighted by atomic mass is 19.1. The summed E-state index contributed by atoms with van der Waals surface area (Å²) < 4.78 is 29.1. The Morgan fingerprint density at radius 1 is 1.39 bits per heavy atom. The Balaban J connectivity index is 1.98. The highest BCUT2D eigenvalue weighted by Gasteiger charge is 2.38. The minimum absolute atomic E-state index is 0.0772. The monoisotopic (exact) mass is 321 g/mol. The van der Waals surface area contributed by atoms with Crippen LogP contribution in [0.3, 0.4) is 0 Å². The molecule has 0 radical (unpaired) electrons. The first-order valence-corrected chi connectivity index (χ1v) is 7.31. The maximum absolute atomic E-state index is 14.1. The highest BCUT2D eigenvalue weighted by molar-refractivity contribution is 5.95. The maximum atomic E-state index is 14.1. The van der Waals surface area contributed by atoms with Gasteiger partial charge in [0.05, 0.1) is 23.4 Å². The zero-order valence-corrected chi connectivity index (χ0v) is 12.8. The minimum atomic E-state index is -0.774. The molecule has 7 heteroatoms. The van der Waals surface area contributed by atoms with Crippen molar-refractivity contribution in [3.8, 4) is 0 Å². The lowest BCUT2D eigenvalue weighted by Crippen LogP contribution is -2.32. The van der Waals surface area contributed by atoms with E-state index in [9.17, 15) is 18.7 Å². The van der Waals surface area contributed by atoms with Gasteiger partial charge in [-0.25, -0.2) is 8.78 Å². The van der Waals surface area contributed by atoms with E-state index in [0.29, 0.717) is 11.3 Å². The molecule has 1 aliphatic rings. The molecule has 1 saturated heterocycles. The van der Waals surface area contributed by atoms with Crippen LogP contribution in [0.1, 0.15) is 34.1 Å². The van der Waals surface area contributed by atoms with E-state index < -0.39 is 23.8 Å². The summed E-state index contributed by atoms with van der Waals surface area (Å²) in [6, 6.07) is 2.44. The van der Waals surface area contributed by atoms with Gasteiger partial charge in [-0.1, -0.05) is 0 Å². The van der Waals surface area contributed by atoms with Gasteiger partial charge in [0.2, 0.25) is 0 Å². The van der Waals surface area contributed by atoms with Crippen LogP contribution in [0.5, 0.6) is 0 Å². The zero-order valence-electron chi connectivity index (χ0n) is 12.8. The number of hydrogen-bond acceptors (Lipinski definition) is 3. The Hall–Kier alpha value is -2.28. The number of carbonyl (C=O) groups excluding carboxylic acids is 1. The molecule has 0 spiro atoms. The molecule has 2 heterocycles. The lowest BCUT2D eigenvalue weighted by Gasteiger charge is -2.25. The molecule has 1 N–H and O–H groups in total. The standard InChI is InChI=1S/C16H17F2N3O2/c1-9-13(8-20(2)19-9)16(23)21-7-11(22)6-15(21)12-5-10(17)3-4-14(12)18/h3-5,8,11,15,22H,6-7H2,1-2H3/t11-,15+/m0/s1. The number of aryl methyl sites for hydroxylation is 2. The lowest BCUT2D eigenvalue weighted by molar-refractivity contribution is 0.0713. The molecule has 0 bridgehead atoms. The second-order valence-corrected chi connectivity index (χ2v) is 5.83. The molecule has 0 saturated carbocycles. The fourth-order valence-corrected chi connectivity index (χ4v) is 3.07. The van der Waals surface area contributed by atoms with E-state index in [-0.39, 0.29) is 24.4 Å². The molecular weight excluding hydrogens is 304 g/mol. The SMILES string of the molecule is Cc1nn(C)cc1C(=O)N1C[C@@H](O)C[C@@H]1c1cc(F)ccc1F. The molecule has 3 rings (SSSR count). The predicted molar refractivity (Wildman–Crippen MR) is 78.7 cm³/mol. The van der Waals surface area contributed by atoms with E-state index in [2.05, 4.69) is 5.10 Å². The molecule has 1 fully saturated rings. The number of β-amino-alcohol motifs (C(OH)–C–C–N with tert-alkyl or cyclic N) is 1. The van der Waals surface area contributed by atoms with Crippen LogP contribution < -0.4 is 0 Å². The van der Waals surface area contributed by atoms with Gasteiger partial charge in [0.1, 0.15) is 11.6 Å². The average Bonchev–Trinajstić information content (AvgIpc) is 3.03. The number of aliphatic hydroxyl groups excluding tert-OH is 1. The van der Waals surface area contributed by atoms with Crippen molar-refractivity contribution in [2.45, 2.75) is 25.5 Å². The van der Waals surface area contributed by atoms with Crippen LogP contribution in [0, 0.1) is 18.6 Å². The molecule has 2 atom stereocenters. The van der Waals surface area contributed by atoms with Crippen LogP contribution in [0.4, 0.5) is 8.78 Å². The Labute approximate surface area is 132 Å². The smallest absolute Gasteiger partial charge is 0.257 e. The maximum Gasteiger partial charge on any atom is 0.257 e. The lowest BCUT2D eigenvalue weighted by atomic mass is 10.0. The van der Waals surface area contributed by atoms with Crippen molar-refractivity contribution in [3.63, 3.8) is 0 Å². The van der Waals surface area contributed by atoms with Crippen LogP contribution in [0.25, 0.3) is 0 Å². The Morgan fingerprint density at radius 3 is 2.78 bits per heavy atom. The van der Waals surface area contributed by atoms with Crippen LogP contribution in [-0.2, 0) is 7.05 Å². The molecule has 1 amide bonds. The number of aromatic nitrogens is 2. The normalized spacial score (nSPS) is 21.0. The fourth-order valence-electron chi connectivity index (χ4n) is 3.07. The van der Waals surface area contributed by atoms with Gasteiger partial charge in [0.15, 0.2) is 0 Å². The van der Waals surface area contributed by atoms with Gasteiger partial charge in [0, 0.05) is 25.4 Å². The summed E-state index contributed by atoms with van der Waals surface area (Å²) in [7, 11) is 1.70. The summed E-state index contributed by atoms with van der Waals surface area (Å²) in [5.41, 5.74) is 1.03. The van der Waals surface area contributed by atoms with Crippen LogP contribution in [0.2, 0.25) is 0 Å². The van der Waals surface area contributed by atoms with Crippen molar-refractivity contribution in [1.82, 2.24) is 14.7 Å². The van der Waals surface area contributed by atoms with Crippen LogP contribution in [0.15, 0.2) is 24.4 Å². The molecule has 1 aromatic heterocycles. The second-order valence-electron chi connectivity index (χ2n) is 5.83. The van der Waals surface area contributed by atoms with Crippen molar-refractivity contribution >= 4 is 5.91 Å². The zero-order chi connectivity index (χ0) is 16.7. The van der Waals surface area contributed by atoms with Crippen LogP contribution in [-0.4, -0.2) is 38.3 Å². The predicted octanol–water partition coefficient (Wildman–Crippen LogP) is 1.95. The van der Waals surface area contributed by atoms with Gasteiger partial charge in [-0.3, -0.25) is 9.48 Å². The third-order valence-corrected chi connectivity index (χ3v) is 4.10. The summed E-state index contributed by atoms with van der Waals surface area (Å²) in [6.45, 7) is 1.78. The van der Waals surface area contributed by atoms with E-state index in [1.165, 1.54) is 9.58 Å². The largest absolute Gasteiger partial charge is 0.391 e. The van der Waals surface area contributed by atoms with E-state index in [1.54, 1.807) is 20.2 Å². The minimum Gasteiger partial charge on any atom is -0.391 e. The van der Waals surface area contributed by atoms with Gasteiger partial charge in [-0.15, -0.1) is 0 Å². The van der Waals surface area contributed by atoms with Gasteiger partial charge in [0.25, 0.3) is 5.91 Å². The molecule has 2 aromatic rings. The van der Waals surface area contributed by atoms with Crippen molar-refractivity contribution in [2.24, 2.45) is 7.05 Å². The van der Waals surface area contributed by atoms with E-state index in [0.717, 1.165) is 18.2 Å². The number of rotatable bonds is 2. The molecule has 122 valence electrons. The highest BCUT2D eigenvalue weighted by Crippen LogP contribution is 2.35. The van der Waals surface area contributed by atoms with Crippen molar-refractivity contribution in [2.75, 3.05) is 6.54 Å². The molecule has 23 heavy (non-hydrogen) atoms. The number of hydrogen-bond donors (Lipinski definition) is 1.